The van der Waals surface area contributed by atoms with Gasteiger partial charge in [0.2, 0.25) is 5.91 Å². The van der Waals surface area contributed by atoms with Crippen molar-refractivity contribution in [2.24, 2.45) is 11.8 Å². The van der Waals surface area contributed by atoms with E-state index in [1.54, 1.807) is 9.36 Å². The minimum absolute atomic E-state index is 0.0100. The second-order valence-corrected chi connectivity index (χ2v) is 9.59. The lowest BCUT2D eigenvalue weighted by molar-refractivity contribution is -0.131. The molecule has 30 heavy (non-hydrogen) atoms. The maximum atomic E-state index is 13.0. The van der Waals surface area contributed by atoms with Crippen molar-refractivity contribution in [2.45, 2.75) is 62.6 Å². The number of aromatic amines is 1. The van der Waals surface area contributed by atoms with Gasteiger partial charge >= 0.3 is 5.69 Å². The van der Waals surface area contributed by atoms with Gasteiger partial charge in [-0.15, -0.1) is 10.2 Å². The van der Waals surface area contributed by atoms with Crippen LogP contribution in [-0.4, -0.2) is 41.2 Å². The fourth-order valence-electron chi connectivity index (χ4n) is 6.88. The third-order valence-electron chi connectivity index (χ3n) is 7.45. The zero-order valence-electron chi connectivity index (χ0n) is 16.8. The number of tetrazole rings is 1. The monoisotopic (exact) mass is 407 g/mol. The van der Waals surface area contributed by atoms with E-state index in [9.17, 15) is 9.59 Å². The first kappa shape index (κ1) is 17.9. The van der Waals surface area contributed by atoms with E-state index in [4.69, 9.17) is 0 Å². The highest BCUT2D eigenvalue weighted by atomic mass is 16.2. The third-order valence-corrected chi connectivity index (χ3v) is 7.45. The Hall–Kier alpha value is -2.97. The van der Waals surface area contributed by atoms with Gasteiger partial charge in [-0.25, -0.2) is 4.79 Å². The molecule has 2 heterocycles. The number of carbonyl (C=O) groups is 1. The van der Waals surface area contributed by atoms with Crippen molar-refractivity contribution in [3.05, 3.63) is 41.1 Å². The summed E-state index contributed by atoms with van der Waals surface area (Å²) in [5.41, 5.74) is 1.14. The molecule has 1 aromatic carbocycles. The quantitative estimate of drug-likeness (QED) is 0.667. The van der Waals surface area contributed by atoms with Crippen LogP contribution < -0.4 is 11.0 Å². The fraction of sp³-hybridized carbons (Fsp3) is 0.571. The molecule has 7 rings (SSSR count). The molecule has 156 valence electrons. The molecular weight excluding hydrogens is 382 g/mol. The molecule has 0 saturated heterocycles. The summed E-state index contributed by atoms with van der Waals surface area (Å²) in [6, 6.07) is 7.57. The summed E-state index contributed by atoms with van der Waals surface area (Å²) in [6.07, 6.45) is 8.08. The molecule has 4 aliphatic carbocycles. The van der Waals surface area contributed by atoms with Gasteiger partial charge in [0, 0.05) is 18.5 Å². The van der Waals surface area contributed by atoms with Crippen molar-refractivity contribution >= 4 is 16.9 Å². The lowest BCUT2D eigenvalue weighted by atomic mass is 9.50. The molecule has 1 amide bonds. The molecule has 4 bridgehead atoms. The second kappa shape index (κ2) is 6.26. The van der Waals surface area contributed by atoms with Crippen molar-refractivity contribution < 1.29 is 4.79 Å². The number of fused-ring (bicyclic) bond motifs is 1. The summed E-state index contributed by atoms with van der Waals surface area (Å²) in [5.74, 6) is 1.19. The number of para-hydroxylation sites is 2. The van der Waals surface area contributed by atoms with Crippen molar-refractivity contribution in [3.63, 3.8) is 0 Å². The number of aryl methyl sites for hydroxylation is 1. The molecule has 2 unspecified atom stereocenters. The number of aromatic nitrogens is 6. The van der Waals surface area contributed by atoms with Crippen LogP contribution >= 0.6 is 0 Å². The summed E-state index contributed by atoms with van der Waals surface area (Å²) in [5, 5.41) is 15.9. The van der Waals surface area contributed by atoms with Gasteiger partial charge in [0.05, 0.1) is 16.6 Å². The zero-order chi connectivity index (χ0) is 20.3. The Morgan fingerprint density at radius 1 is 1.20 bits per heavy atom. The molecule has 3 aromatic rings. The van der Waals surface area contributed by atoms with Gasteiger partial charge in [0.1, 0.15) is 0 Å². The summed E-state index contributed by atoms with van der Waals surface area (Å²) in [4.78, 5) is 29.9. The summed E-state index contributed by atoms with van der Waals surface area (Å²) in [7, 11) is 0. The summed E-state index contributed by atoms with van der Waals surface area (Å²) < 4.78 is 1.65. The molecule has 4 aliphatic rings. The van der Waals surface area contributed by atoms with E-state index < -0.39 is 0 Å². The molecular formula is C21H25N7O2. The van der Waals surface area contributed by atoms with E-state index in [0.29, 0.717) is 18.4 Å². The van der Waals surface area contributed by atoms with E-state index in [-0.39, 0.29) is 29.1 Å². The van der Waals surface area contributed by atoms with Crippen LogP contribution in [0.4, 0.5) is 0 Å². The molecule has 0 spiro atoms. The van der Waals surface area contributed by atoms with Crippen molar-refractivity contribution in [1.82, 2.24) is 35.1 Å². The number of rotatable bonds is 5. The van der Waals surface area contributed by atoms with Crippen LogP contribution in [0.2, 0.25) is 0 Å². The number of nitrogens with zero attached hydrogens (tertiary/aromatic N) is 5. The predicted molar refractivity (Wildman–Crippen MR) is 109 cm³/mol. The maximum absolute atomic E-state index is 13.0. The minimum Gasteiger partial charge on any atom is -0.350 e. The topological polar surface area (TPSA) is 110 Å². The van der Waals surface area contributed by atoms with Crippen LogP contribution in [0, 0.1) is 11.8 Å². The van der Waals surface area contributed by atoms with Crippen LogP contribution in [0.3, 0.4) is 0 Å². The molecule has 4 fully saturated rings. The Morgan fingerprint density at radius 2 is 2.00 bits per heavy atom. The van der Waals surface area contributed by atoms with E-state index in [2.05, 4.69) is 25.7 Å². The average Bonchev–Trinajstić information content (AvgIpc) is 3.33. The lowest BCUT2D eigenvalue weighted by Crippen LogP contribution is -2.66. The molecule has 9 nitrogen and oxygen atoms in total. The number of carbonyl (C=O) groups excluding carboxylic acids is 1. The number of H-pyrrole nitrogens is 1. The first-order valence-corrected chi connectivity index (χ1v) is 10.8. The maximum Gasteiger partial charge on any atom is 0.326 e. The van der Waals surface area contributed by atoms with Crippen LogP contribution in [0.15, 0.2) is 35.4 Å². The van der Waals surface area contributed by atoms with Crippen molar-refractivity contribution in [2.75, 3.05) is 0 Å². The van der Waals surface area contributed by atoms with Gasteiger partial charge in [-0.2, -0.15) is 4.80 Å². The average molecular weight is 407 g/mol. The SMILES string of the molecule is O=C(CCn1c(=O)[nH]c2ccccc21)NC12C[C@H]3C[C@@H](C1)CC(n1ncnn1)(C3)C2. The molecule has 4 atom stereocenters. The van der Waals surface area contributed by atoms with Crippen LogP contribution in [0.1, 0.15) is 44.9 Å². The lowest BCUT2D eigenvalue weighted by Gasteiger charge is -2.61. The molecule has 4 saturated carbocycles. The van der Waals surface area contributed by atoms with Crippen molar-refractivity contribution in [3.8, 4) is 0 Å². The highest BCUT2D eigenvalue weighted by Gasteiger charge is 2.60. The van der Waals surface area contributed by atoms with E-state index >= 15 is 0 Å². The molecule has 2 N–H and O–H groups in total. The van der Waals surface area contributed by atoms with Gasteiger partial charge in [0.15, 0.2) is 6.33 Å². The summed E-state index contributed by atoms with van der Waals surface area (Å²) in [6.45, 7) is 0.368. The van der Waals surface area contributed by atoms with Crippen LogP contribution in [-0.2, 0) is 16.9 Å². The van der Waals surface area contributed by atoms with Crippen LogP contribution in [0.5, 0.6) is 0 Å². The van der Waals surface area contributed by atoms with Crippen LogP contribution in [0.25, 0.3) is 11.0 Å². The minimum atomic E-state index is -0.194. The first-order chi connectivity index (χ1) is 14.5. The smallest absolute Gasteiger partial charge is 0.326 e. The van der Waals surface area contributed by atoms with Gasteiger partial charge < -0.3 is 10.3 Å². The van der Waals surface area contributed by atoms with E-state index in [1.807, 2.05) is 24.3 Å². The number of benzene rings is 1. The molecule has 9 heteroatoms. The zero-order valence-corrected chi connectivity index (χ0v) is 16.8. The number of nitrogens with one attached hydrogen (secondary N) is 2. The Labute approximate surface area is 172 Å². The van der Waals surface area contributed by atoms with E-state index in [1.165, 1.54) is 12.7 Å². The fourth-order valence-corrected chi connectivity index (χ4v) is 6.88. The van der Waals surface area contributed by atoms with Gasteiger partial charge in [-0.3, -0.25) is 9.36 Å². The highest BCUT2D eigenvalue weighted by molar-refractivity contribution is 5.78. The number of hydrogen-bond acceptors (Lipinski definition) is 5. The predicted octanol–water partition coefficient (Wildman–Crippen LogP) is 1.57. The standard InChI is InChI=1S/C21H25N7O2/c29-18(5-6-27-17-4-2-1-3-16(17)24-19(27)30)25-20-8-14-7-15(9-20)11-21(10-14,12-20)28-23-13-22-26-28/h1-4,13-15H,5-12H2,(H,24,30)(H,25,29)/t14-,15+,20?,21?. The molecule has 0 radical (unpaired) electrons. The first-order valence-electron chi connectivity index (χ1n) is 10.8. The molecule has 2 aromatic heterocycles. The summed E-state index contributed by atoms with van der Waals surface area (Å²) >= 11 is 0. The Kier molecular flexibility index (Phi) is 3.73. The Balaban J connectivity index is 1.20. The Bertz CT molecular complexity index is 1150. The normalized spacial score (nSPS) is 32.0. The number of hydrogen-bond donors (Lipinski definition) is 2. The number of amides is 1. The number of imidazole rings is 1. The third kappa shape index (κ3) is 2.71. The largest absolute Gasteiger partial charge is 0.350 e. The Morgan fingerprint density at radius 3 is 2.77 bits per heavy atom. The van der Waals surface area contributed by atoms with Gasteiger partial charge in [0.25, 0.3) is 0 Å². The highest BCUT2D eigenvalue weighted by Crippen LogP contribution is 2.60. The molecule has 0 aliphatic heterocycles. The van der Waals surface area contributed by atoms with Gasteiger partial charge in [-0.05, 0) is 67.7 Å². The van der Waals surface area contributed by atoms with E-state index in [0.717, 1.165) is 43.1 Å². The van der Waals surface area contributed by atoms with Gasteiger partial charge in [-0.1, -0.05) is 12.1 Å². The second-order valence-electron chi connectivity index (χ2n) is 9.59. The van der Waals surface area contributed by atoms with Crippen molar-refractivity contribution in [1.29, 1.82) is 0 Å².